The van der Waals surface area contributed by atoms with E-state index in [4.69, 9.17) is 28.4 Å². The maximum Gasteiger partial charge on any atom is 0.308 e. The third-order valence-electron chi connectivity index (χ3n) is 4.63. The average molecular weight is 418 g/mol. The number of ether oxygens (including phenoxy) is 6. The summed E-state index contributed by atoms with van der Waals surface area (Å²) in [5, 5.41) is 10.6. The largest absolute Gasteiger partial charge is 0.508 e. The molecule has 0 aliphatic carbocycles. The highest BCUT2D eigenvalue weighted by Crippen LogP contribution is 2.46. The van der Waals surface area contributed by atoms with Crippen LogP contribution in [-0.4, -0.2) is 45.2 Å². The zero-order valence-corrected chi connectivity index (χ0v) is 17.0. The summed E-state index contributed by atoms with van der Waals surface area (Å²) in [6.45, 7) is 1.30. The van der Waals surface area contributed by atoms with Crippen molar-refractivity contribution < 1.29 is 43.1 Å². The molecular formula is C21H22O9. The minimum Gasteiger partial charge on any atom is -0.508 e. The number of carbonyl (C=O) groups excluding carboxylic acids is 2. The number of phenols is 1. The zero-order valence-electron chi connectivity index (χ0n) is 17.0. The summed E-state index contributed by atoms with van der Waals surface area (Å²) in [6.07, 6.45) is -0.0804. The molecular weight excluding hydrogens is 396 g/mol. The van der Waals surface area contributed by atoms with Crippen molar-refractivity contribution in [3.05, 3.63) is 35.4 Å². The Labute approximate surface area is 173 Å². The van der Waals surface area contributed by atoms with Crippen molar-refractivity contribution in [1.82, 2.24) is 0 Å². The Bertz CT molecular complexity index is 942. The molecule has 1 heterocycles. The maximum absolute atomic E-state index is 12.1. The van der Waals surface area contributed by atoms with Crippen molar-refractivity contribution in [3.8, 4) is 34.5 Å². The van der Waals surface area contributed by atoms with Gasteiger partial charge in [0.25, 0.3) is 0 Å². The van der Waals surface area contributed by atoms with Gasteiger partial charge in [-0.15, -0.1) is 0 Å². The van der Waals surface area contributed by atoms with E-state index in [2.05, 4.69) is 0 Å². The fourth-order valence-electron chi connectivity index (χ4n) is 3.23. The highest BCUT2D eigenvalue weighted by molar-refractivity contribution is 5.74. The molecule has 0 unspecified atom stereocenters. The molecule has 30 heavy (non-hydrogen) atoms. The molecule has 0 amide bonds. The number of hydrogen-bond acceptors (Lipinski definition) is 9. The van der Waals surface area contributed by atoms with E-state index in [9.17, 15) is 14.7 Å². The monoisotopic (exact) mass is 418 g/mol. The van der Waals surface area contributed by atoms with Crippen LogP contribution in [0.15, 0.2) is 24.3 Å². The lowest BCUT2D eigenvalue weighted by atomic mass is 9.87. The van der Waals surface area contributed by atoms with Gasteiger partial charge in [0.1, 0.15) is 5.75 Å². The molecule has 0 saturated heterocycles. The highest BCUT2D eigenvalue weighted by atomic mass is 16.7. The van der Waals surface area contributed by atoms with Crippen LogP contribution in [0.5, 0.6) is 34.5 Å². The zero-order chi connectivity index (χ0) is 21.8. The van der Waals surface area contributed by atoms with Gasteiger partial charge < -0.3 is 33.5 Å². The quantitative estimate of drug-likeness (QED) is 0.536. The fourth-order valence-corrected chi connectivity index (χ4v) is 3.23. The van der Waals surface area contributed by atoms with Crippen molar-refractivity contribution in [2.75, 3.05) is 28.1 Å². The number of carbonyl (C=O) groups is 2. The van der Waals surface area contributed by atoms with Gasteiger partial charge in [-0.25, -0.2) is 0 Å². The number of aromatic hydroxyl groups is 1. The Kier molecular flexibility index (Phi) is 6.20. The molecule has 0 bridgehead atoms. The minimum atomic E-state index is -0.638. The molecule has 0 radical (unpaired) electrons. The second kappa shape index (κ2) is 8.81. The second-order valence-corrected chi connectivity index (χ2v) is 6.45. The fraction of sp³-hybridized carbons (Fsp3) is 0.333. The molecule has 9 heteroatoms. The van der Waals surface area contributed by atoms with Gasteiger partial charge in [0.05, 0.1) is 27.8 Å². The third-order valence-corrected chi connectivity index (χ3v) is 4.63. The summed E-state index contributed by atoms with van der Waals surface area (Å²) in [7, 11) is 4.11. The van der Waals surface area contributed by atoms with Gasteiger partial charge in [-0.1, -0.05) is 0 Å². The van der Waals surface area contributed by atoms with Crippen LogP contribution < -0.4 is 23.7 Å². The Morgan fingerprint density at radius 2 is 1.63 bits per heavy atom. The van der Waals surface area contributed by atoms with Crippen molar-refractivity contribution in [2.24, 2.45) is 0 Å². The van der Waals surface area contributed by atoms with Crippen molar-refractivity contribution in [1.29, 1.82) is 0 Å². The van der Waals surface area contributed by atoms with E-state index in [0.29, 0.717) is 22.6 Å². The molecule has 1 aliphatic heterocycles. The highest BCUT2D eigenvalue weighted by Gasteiger charge is 2.28. The molecule has 2 aromatic carbocycles. The van der Waals surface area contributed by atoms with Gasteiger partial charge in [0, 0.05) is 24.5 Å². The van der Waals surface area contributed by atoms with Crippen molar-refractivity contribution in [3.63, 3.8) is 0 Å². The smallest absolute Gasteiger partial charge is 0.308 e. The van der Waals surface area contributed by atoms with Gasteiger partial charge in [0.15, 0.2) is 23.0 Å². The van der Waals surface area contributed by atoms with Gasteiger partial charge >= 0.3 is 11.9 Å². The Morgan fingerprint density at radius 1 is 1.03 bits per heavy atom. The van der Waals surface area contributed by atoms with Crippen LogP contribution in [0, 0.1) is 0 Å². The van der Waals surface area contributed by atoms with Gasteiger partial charge in [-0.3, -0.25) is 9.59 Å². The molecule has 0 saturated carbocycles. The lowest BCUT2D eigenvalue weighted by Gasteiger charge is -2.21. The summed E-state index contributed by atoms with van der Waals surface area (Å²) in [6, 6.07) is 6.27. The van der Waals surface area contributed by atoms with Crippen molar-refractivity contribution in [2.45, 2.75) is 19.3 Å². The molecule has 0 aromatic heterocycles. The number of fused-ring (bicyclic) bond motifs is 1. The predicted molar refractivity (Wildman–Crippen MR) is 104 cm³/mol. The van der Waals surface area contributed by atoms with Gasteiger partial charge in [-0.2, -0.15) is 0 Å². The molecule has 2 aromatic rings. The van der Waals surface area contributed by atoms with Crippen LogP contribution in [0.25, 0.3) is 0 Å². The van der Waals surface area contributed by atoms with E-state index in [1.807, 2.05) is 0 Å². The average Bonchev–Trinajstić information content (AvgIpc) is 3.18. The SMILES string of the molecule is COC(=O)C[C@H](c1cc(OC)c(OC(C)=O)c(OC)c1)c1cc2c(cc1O)OCO2. The minimum absolute atomic E-state index is 0.0403. The Hall–Kier alpha value is -3.62. The molecule has 0 spiro atoms. The lowest BCUT2D eigenvalue weighted by molar-refractivity contribution is -0.140. The number of methoxy groups -OCH3 is 3. The van der Waals surface area contributed by atoms with Crippen LogP contribution in [0.4, 0.5) is 0 Å². The Morgan fingerprint density at radius 3 is 2.17 bits per heavy atom. The van der Waals surface area contributed by atoms with E-state index in [-0.39, 0.29) is 36.2 Å². The summed E-state index contributed by atoms with van der Waals surface area (Å²) < 4.78 is 31.5. The topological polar surface area (TPSA) is 110 Å². The van der Waals surface area contributed by atoms with Crippen LogP contribution in [0.1, 0.15) is 30.4 Å². The van der Waals surface area contributed by atoms with E-state index in [1.54, 1.807) is 18.2 Å². The number of benzene rings is 2. The first-order chi connectivity index (χ1) is 14.4. The molecule has 9 nitrogen and oxygen atoms in total. The van der Waals surface area contributed by atoms with Crippen molar-refractivity contribution >= 4 is 11.9 Å². The van der Waals surface area contributed by atoms with Crippen LogP contribution in [-0.2, 0) is 14.3 Å². The molecule has 1 aliphatic rings. The first-order valence-corrected chi connectivity index (χ1v) is 9.01. The molecule has 1 N–H and O–H groups in total. The molecule has 0 fully saturated rings. The first-order valence-electron chi connectivity index (χ1n) is 9.01. The predicted octanol–water partition coefficient (Wildman–Crippen LogP) is 2.76. The lowest BCUT2D eigenvalue weighted by Crippen LogP contribution is -2.12. The maximum atomic E-state index is 12.1. The van der Waals surface area contributed by atoms with Gasteiger partial charge in [-0.05, 0) is 23.8 Å². The number of hydrogen-bond donors (Lipinski definition) is 1. The third kappa shape index (κ3) is 4.19. The van der Waals surface area contributed by atoms with Gasteiger partial charge in [0.2, 0.25) is 12.5 Å². The Balaban J connectivity index is 2.15. The summed E-state index contributed by atoms with van der Waals surface area (Å²) in [5.74, 6) is -0.303. The van der Waals surface area contributed by atoms with Crippen LogP contribution in [0.2, 0.25) is 0 Å². The van der Waals surface area contributed by atoms with Crippen LogP contribution >= 0.6 is 0 Å². The molecule has 160 valence electrons. The number of esters is 2. The molecule has 1 atom stereocenters. The number of rotatable bonds is 7. The summed E-state index contributed by atoms with van der Waals surface area (Å²) in [5.41, 5.74) is 0.994. The summed E-state index contributed by atoms with van der Waals surface area (Å²) >= 11 is 0. The van der Waals surface area contributed by atoms with E-state index < -0.39 is 17.9 Å². The summed E-state index contributed by atoms with van der Waals surface area (Å²) in [4.78, 5) is 23.6. The molecule has 3 rings (SSSR count). The normalized spacial score (nSPS) is 12.8. The standard InChI is InChI=1S/C21H22O9/c1-11(22)30-21-18(25-2)5-12(6-19(21)26-3)13(8-20(24)27-4)14-7-16-17(9-15(14)23)29-10-28-16/h5-7,9,13,23H,8,10H2,1-4H3/t13-/m1/s1. The second-order valence-electron chi connectivity index (χ2n) is 6.45. The van der Waals surface area contributed by atoms with E-state index in [0.717, 1.165) is 0 Å². The van der Waals surface area contributed by atoms with E-state index >= 15 is 0 Å². The first kappa shape index (κ1) is 21.1. The number of phenolic OH excluding ortho intramolecular Hbond substituents is 1. The van der Waals surface area contributed by atoms with Crippen LogP contribution in [0.3, 0.4) is 0 Å². The van der Waals surface area contributed by atoms with E-state index in [1.165, 1.54) is 34.3 Å².